The van der Waals surface area contributed by atoms with Crippen molar-refractivity contribution in [2.45, 2.75) is 15.8 Å². The lowest BCUT2D eigenvalue weighted by Gasteiger charge is -2.53. The number of amides is 2. The topological polar surface area (TPSA) is 186 Å². The molecule has 3 atom stereocenters. The predicted molar refractivity (Wildman–Crippen MR) is 138 cm³/mol. The van der Waals surface area contributed by atoms with Crippen LogP contribution < -0.4 is 15.9 Å². The van der Waals surface area contributed by atoms with Gasteiger partial charge in [0.15, 0.2) is 15.2 Å². The maximum Gasteiger partial charge on any atom is 0.313 e. The number of hydrogen-bond donors (Lipinski definition) is 3. The number of nitrogens with two attached hydrogens (primary N) is 1. The van der Waals surface area contributed by atoms with Crippen LogP contribution in [0.4, 0.5) is 9.52 Å². The van der Waals surface area contributed by atoms with Crippen molar-refractivity contribution in [1.29, 1.82) is 0 Å². The fourth-order valence-corrected chi connectivity index (χ4v) is 7.43. The molecule has 2 aliphatic heterocycles. The Labute approximate surface area is 230 Å². The first kappa shape index (κ1) is 26.3. The smallest absolute Gasteiger partial charge is 0.313 e. The molecular formula is C20H17FN8O5S4. The molecule has 2 fully saturated rings. The number of nitrogens with one attached hydrogen (secondary N) is 1. The molecule has 2 saturated heterocycles. The molecule has 0 bridgehead atoms. The highest BCUT2D eigenvalue weighted by Crippen LogP contribution is 2.44. The van der Waals surface area contributed by atoms with E-state index in [2.05, 4.69) is 30.0 Å². The molecule has 2 aromatic heterocycles. The van der Waals surface area contributed by atoms with Crippen molar-refractivity contribution in [3.05, 3.63) is 41.4 Å². The molecule has 0 spiro atoms. The Morgan fingerprint density at radius 3 is 2.82 bits per heavy atom. The van der Waals surface area contributed by atoms with Gasteiger partial charge >= 0.3 is 5.97 Å². The molecule has 3 aromatic rings. The lowest BCUT2D eigenvalue weighted by Crippen LogP contribution is -2.74. The summed E-state index contributed by atoms with van der Waals surface area (Å²) in [6.07, 6.45) is 0. The Morgan fingerprint density at radius 2 is 2.16 bits per heavy atom. The molecule has 4 heterocycles. The van der Waals surface area contributed by atoms with Gasteiger partial charge < -0.3 is 25.9 Å². The van der Waals surface area contributed by atoms with Crippen molar-refractivity contribution in [2.24, 2.45) is 10.6 Å². The first-order chi connectivity index (χ1) is 18.3. The number of aliphatic carboxylic acids is 1. The summed E-state index contributed by atoms with van der Waals surface area (Å²) in [5, 5.41) is 23.7. The van der Waals surface area contributed by atoms with E-state index < -0.39 is 40.4 Å². The molecule has 18 heteroatoms. The van der Waals surface area contributed by atoms with E-state index in [1.807, 2.05) is 0 Å². The highest BCUT2D eigenvalue weighted by atomic mass is 32.2. The van der Waals surface area contributed by atoms with E-state index >= 15 is 0 Å². The van der Waals surface area contributed by atoms with Crippen LogP contribution in [0.1, 0.15) is 5.82 Å². The van der Waals surface area contributed by atoms with Crippen molar-refractivity contribution < 1.29 is 28.7 Å². The molecule has 0 saturated carbocycles. The number of nitrogen functional groups attached to an aromatic ring is 1. The molecule has 2 unspecified atom stereocenters. The second kappa shape index (κ2) is 10.8. The van der Waals surface area contributed by atoms with Crippen LogP contribution in [0, 0.1) is 11.2 Å². The van der Waals surface area contributed by atoms with Crippen LogP contribution in [0.5, 0.6) is 5.75 Å². The summed E-state index contributed by atoms with van der Waals surface area (Å²) < 4.78 is 17.8. The monoisotopic (exact) mass is 596 g/mol. The van der Waals surface area contributed by atoms with Crippen molar-refractivity contribution in [2.75, 3.05) is 23.8 Å². The van der Waals surface area contributed by atoms with E-state index in [1.165, 1.54) is 51.9 Å². The van der Waals surface area contributed by atoms with Crippen molar-refractivity contribution in [3.63, 3.8) is 0 Å². The van der Waals surface area contributed by atoms with Gasteiger partial charge in [0.1, 0.15) is 28.2 Å². The largest absolute Gasteiger partial charge is 0.481 e. The minimum absolute atomic E-state index is 0.00416. The number of carboxylic acid groups (broad SMARTS) is 1. The van der Waals surface area contributed by atoms with Gasteiger partial charge in [0, 0.05) is 29.6 Å². The Morgan fingerprint density at radius 1 is 1.37 bits per heavy atom. The van der Waals surface area contributed by atoms with Gasteiger partial charge in [-0.25, -0.2) is 4.39 Å². The van der Waals surface area contributed by atoms with Gasteiger partial charge in [0.05, 0.1) is 0 Å². The molecule has 13 nitrogen and oxygen atoms in total. The molecule has 38 heavy (non-hydrogen) atoms. The molecule has 198 valence electrons. The van der Waals surface area contributed by atoms with Gasteiger partial charge in [-0.15, -0.1) is 22.0 Å². The SMILES string of the molecule is Nc1nc(C(=NOc2ccc(F)cc2)C(=O)NC2C(=O)N3CC(CSc4nncs4)(C(=O)O)CS[C@H]23)ns1. The number of aromatic nitrogens is 4. The number of rotatable bonds is 9. The van der Waals surface area contributed by atoms with E-state index in [1.54, 1.807) is 5.51 Å². The molecule has 1 aromatic carbocycles. The number of thioether (sulfide) groups is 2. The van der Waals surface area contributed by atoms with E-state index in [4.69, 9.17) is 10.6 Å². The summed E-state index contributed by atoms with van der Waals surface area (Å²) in [5.74, 6) is -2.20. The Hall–Kier alpha value is -3.35. The number of carbonyl (C=O) groups excluding carboxylic acids is 2. The molecule has 5 rings (SSSR count). The van der Waals surface area contributed by atoms with E-state index in [9.17, 15) is 23.9 Å². The molecule has 2 aliphatic rings. The summed E-state index contributed by atoms with van der Waals surface area (Å²) in [5.41, 5.74) is 5.70. The Kier molecular flexibility index (Phi) is 7.46. The molecule has 2 amide bonds. The number of anilines is 1. The zero-order valence-electron chi connectivity index (χ0n) is 19.0. The fourth-order valence-electron chi connectivity index (χ4n) is 3.65. The first-order valence-electron chi connectivity index (χ1n) is 10.7. The van der Waals surface area contributed by atoms with Gasteiger partial charge in [0.2, 0.25) is 17.4 Å². The van der Waals surface area contributed by atoms with Gasteiger partial charge in [0.25, 0.3) is 5.91 Å². The maximum absolute atomic E-state index is 13.2. The minimum atomic E-state index is -1.18. The van der Waals surface area contributed by atoms with E-state index in [0.717, 1.165) is 23.7 Å². The number of hydrogen-bond acceptors (Lipinski definition) is 14. The Balaban J connectivity index is 1.28. The van der Waals surface area contributed by atoms with E-state index in [0.29, 0.717) is 4.34 Å². The summed E-state index contributed by atoms with van der Waals surface area (Å²) in [4.78, 5) is 49.0. The zero-order chi connectivity index (χ0) is 26.9. The van der Waals surface area contributed by atoms with Crippen LogP contribution in [0.25, 0.3) is 0 Å². The third-order valence-corrected chi connectivity index (χ3v) is 9.90. The van der Waals surface area contributed by atoms with Crippen molar-refractivity contribution in [3.8, 4) is 5.75 Å². The molecular weight excluding hydrogens is 580 g/mol. The zero-order valence-corrected chi connectivity index (χ0v) is 22.3. The molecule has 4 N–H and O–H groups in total. The van der Waals surface area contributed by atoms with Crippen LogP contribution >= 0.6 is 46.4 Å². The van der Waals surface area contributed by atoms with Crippen LogP contribution in [-0.4, -0.2) is 82.5 Å². The molecule has 0 aliphatic carbocycles. The van der Waals surface area contributed by atoms with E-state index in [-0.39, 0.29) is 40.5 Å². The number of halogens is 1. The average molecular weight is 597 g/mol. The highest BCUT2D eigenvalue weighted by Gasteiger charge is 2.57. The second-order valence-electron chi connectivity index (χ2n) is 8.14. The van der Waals surface area contributed by atoms with Gasteiger partial charge in [-0.3, -0.25) is 14.4 Å². The van der Waals surface area contributed by atoms with Gasteiger partial charge in [-0.1, -0.05) is 28.3 Å². The Bertz CT molecular complexity index is 1390. The number of nitrogens with zero attached hydrogens (tertiary/aromatic N) is 6. The van der Waals surface area contributed by atoms with Crippen molar-refractivity contribution >= 4 is 75.0 Å². The van der Waals surface area contributed by atoms with Gasteiger partial charge in [-0.2, -0.15) is 9.36 Å². The van der Waals surface area contributed by atoms with Crippen LogP contribution in [-0.2, 0) is 14.4 Å². The highest BCUT2D eigenvalue weighted by molar-refractivity contribution is 8.01. The summed E-state index contributed by atoms with van der Waals surface area (Å²) in [6, 6.07) is 4.05. The first-order valence-corrected chi connectivity index (χ1v) is 14.4. The second-order valence-corrected chi connectivity index (χ2v) is 12.1. The average Bonchev–Trinajstić information content (AvgIpc) is 3.59. The number of β-lactam (4-membered cyclic amide) rings is 1. The fraction of sp³-hybridized carbons (Fsp3) is 0.300. The standard InChI is InChI=1S/C20H17FN8O5S4/c21-9-1-3-10(4-2-9)34-27-11(13-25-18(22)38-28-13)14(30)24-12-15(31)29-5-20(17(32)33,6-35-16(12)29)7-36-19-26-23-8-37-19/h1-4,8,12,16H,5-7H2,(H,24,30)(H,32,33)(H2,22,25,28)/t12?,16-,20?/m1/s1. The molecule has 0 radical (unpaired) electrons. The lowest BCUT2D eigenvalue weighted by atomic mass is 9.89. The predicted octanol–water partition coefficient (Wildman–Crippen LogP) is 1.16. The van der Waals surface area contributed by atoms with Crippen LogP contribution in [0.2, 0.25) is 0 Å². The number of oxime groups is 1. The summed E-state index contributed by atoms with van der Waals surface area (Å²) in [7, 11) is 0. The maximum atomic E-state index is 13.2. The number of carboxylic acids is 1. The number of fused-ring (bicyclic) bond motifs is 1. The number of carbonyl (C=O) groups is 3. The number of benzene rings is 1. The normalized spacial score (nSPS) is 22.9. The summed E-state index contributed by atoms with van der Waals surface area (Å²) >= 11 is 4.70. The summed E-state index contributed by atoms with van der Waals surface area (Å²) in [6.45, 7) is -0.00416. The third kappa shape index (κ3) is 5.29. The lowest BCUT2D eigenvalue weighted by molar-refractivity contribution is -0.157. The van der Waals surface area contributed by atoms with Crippen LogP contribution in [0.3, 0.4) is 0 Å². The van der Waals surface area contributed by atoms with Crippen molar-refractivity contribution in [1.82, 2.24) is 29.8 Å². The van der Waals surface area contributed by atoms with Gasteiger partial charge in [-0.05, 0) is 24.3 Å². The minimum Gasteiger partial charge on any atom is -0.481 e. The quantitative estimate of drug-likeness (QED) is 0.139. The third-order valence-electron chi connectivity index (χ3n) is 5.62. The van der Waals surface area contributed by atoms with Crippen LogP contribution in [0.15, 0.2) is 39.3 Å².